The topological polar surface area (TPSA) is 78.0 Å². The highest BCUT2D eigenvalue weighted by Crippen LogP contribution is 2.16. The number of hydrogen-bond acceptors (Lipinski definition) is 3. The third-order valence-electron chi connectivity index (χ3n) is 2.55. The second-order valence-corrected chi connectivity index (χ2v) is 3.90. The zero-order valence-electron chi connectivity index (χ0n) is 9.66. The second kappa shape index (κ2) is 4.86. The maximum absolute atomic E-state index is 10.8. The van der Waals surface area contributed by atoms with Gasteiger partial charge in [0, 0.05) is 6.54 Å². The third-order valence-corrected chi connectivity index (χ3v) is 2.55. The number of carboxylic acids is 1. The average molecular weight is 233 g/mol. The van der Waals surface area contributed by atoms with E-state index in [1.165, 1.54) is 0 Å². The molecule has 3 N–H and O–H groups in total. The Hall–Kier alpha value is -2.04. The van der Waals surface area contributed by atoms with Gasteiger partial charge in [0.1, 0.15) is 0 Å². The Morgan fingerprint density at radius 1 is 1.53 bits per heavy atom. The summed E-state index contributed by atoms with van der Waals surface area (Å²) in [7, 11) is 0. The molecule has 2 aromatic rings. The van der Waals surface area contributed by atoms with E-state index in [1.807, 2.05) is 0 Å². The smallest absolute Gasteiger partial charge is 0.335 e. The van der Waals surface area contributed by atoms with Crippen molar-refractivity contribution >= 4 is 23.0 Å². The molecule has 0 bridgehead atoms. The Balaban J connectivity index is 2.21. The van der Waals surface area contributed by atoms with Crippen molar-refractivity contribution in [3.63, 3.8) is 0 Å². The van der Waals surface area contributed by atoms with E-state index in [0.717, 1.165) is 30.4 Å². The number of anilines is 1. The van der Waals surface area contributed by atoms with Gasteiger partial charge < -0.3 is 15.4 Å². The number of aromatic nitrogens is 2. The highest BCUT2D eigenvalue weighted by atomic mass is 16.4. The molecule has 0 aliphatic heterocycles. The number of aromatic amines is 1. The molecule has 1 aromatic heterocycles. The van der Waals surface area contributed by atoms with Crippen molar-refractivity contribution < 1.29 is 9.90 Å². The molecule has 17 heavy (non-hydrogen) atoms. The highest BCUT2D eigenvalue weighted by Gasteiger charge is 2.06. The van der Waals surface area contributed by atoms with Crippen LogP contribution in [-0.2, 0) is 0 Å². The molecule has 0 saturated carbocycles. The van der Waals surface area contributed by atoms with Crippen LogP contribution in [0.25, 0.3) is 11.0 Å². The van der Waals surface area contributed by atoms with Crippen LogP contribution in [0.15, 0.2) is 18.2 Å². The fraction of sp³-hybridized carbons (Fsp3) is 0.333. The molecule has 1 heterocycles. The molecular weight excluding hydrogens is 218 g/mol. The van der Waals surface area contributed by atoms with Crippen molar-refractivity contribution in [2.24, 2.45) is 0 Å². The van der Waals surface area contributed by atoms with E-state index in [0.29, 0.717) is 5.95 Å². The van der Waals surface area contributed by atoms with E-state index < -0.39 is 5.97 Å². The Morgan fingerprint density at radius 2 is 2.35 bits per heavy atom. The first-order valence-corrected chi connectivity index (χ1v) is 5.67. The molecule has 0 atom stereocenters. The van der Waals surface area contributed by atoms with Crippen molar-refractivity contribution in [1.82, 2.24) is 9.97 Å². The van der Waals surface area contributed by atoms with Crippen LogP contribution in [0.4, 0.5) is 5.95 Å². The fourth-order valence-corrected chi connectivity index (χ4v) is 1.61. The Morgan fingerprint density at radius 3 is 3.06 bits per heavy atom. The number of benzene rings is 1. The molecule has 0 radical (unpaired) electrons. The quantitative estimate of drug-likeness (QED) is 0.693. The van der Waals surface area contributed by atoms with Gasteiger partial charge in [-0.25, -0.2) is 9.78 Å². The number of nitrogens with one attached hydrogen (secondary N) is 2. The van der Waals surface area contributed by atoms with E-state index >= 15 is 0 Å². The predicted molar refractivity (Wildman–Crippen MR) is 66.5 cm³/mol. The van der Waals surface area contributed by atoms with Gasteiger partial charge >= 0.3 is 5.97 Å². The monoisotopic (exact) mass is 233 g/mol. The molecule has 90 valence electrons. The summed E-state index contributed by atoms with van der Waals surface area (Å²) in [5, 5.41) is 12.0. The van der Waals surface area contributed by atoms with Crippen molar-refractivity contribution in [1.29, 1.82) is 0 Å². The zero-order valence-corrected chi connectivity index (χ0v) is 9.66. The average Bonchev–Trinajstić information content (AvgIpc) is 2.70. The van der Waals surface area contributed by atoms with Crippen LogP contribution in [0.5, 0.6) is 0 Å². The number of unbranched alkanes of at least 4 members (excludes halogenated alkanes) is 1. The molecule has 2 rings (SSSR count). The Labute approximate surface area is 98.9 Å². The summed E-state index contributed by atoms with van der Waals surface area (Å²) in [5.41, 5.74) is 1.78. The first kappa shape index (κ1) is 11.4. The van der Waals surface area contributed by atoms with E-state index in [2.05, 4.69) is 22.2 Å². The Bertz CT molecular complexity index is 534. The highest BCUT2D eigenvalue weighted by molar-refractivity contribution is 5.92. The van der Waals surface area contributed by atoms with Crippen LogP contribution in [0.2, 0.25) is 0 Å². The predicted octanol–water partition coefficient (Wildman–Crippen LogP) is 2.47. The summed E-state index contributed by atoms with van der Waals surface area (Å²) in [5.74, 6) is -0.238. The van der Waals surface area contributed by atoms with E-state index in [9.17, 15) is 4.79 Å². The van der Waals surface area contributed by atoms with Crippen molar-refractivity contribution in [3.05, 3.63) is 23.8 Å². The van der Waals surface area contributed by atoms with E-state index in [4.69, 9.17) is 5.11 Å². The number of nitrogens with zero attached hydrogens (tertiary/aromatic N) is 1. The molecule has 0 aliphatic rings. The summed E-state index contributed by atoms with van der Waals surface area (Å²) in [6, 6.07) is 4.86. The summed E-state index contributed by atoms with van der Waals surface area (Å²) < 4.78 is 0. The number of rotatable bonds is 5. The maximum atomic E-state index is 10.8. The largest absolute Gasteiger partial charge is 0.478 e. The molecule has 1 aromatic carbocycles. The minimum Gasteiger partial charge on any atom is -0.478 e. The molecule has 0 aliphatic carbocycles. The van der Waals surface area contributed by atoms with Crippen LogP contribution in [-0.4, -0.2) is 27.6 Å². The molecule has 0 fully saturated rings. The lowest BCUT2D eigenvalue weighted by molar-refractivity contribution is 0.0697. The van der Waals surface area contributed by atoms with Gasteiger partial charge in [0.25, 0.3) is 0 Å². The van der Waals surface area contributed by atoms with Crippen molar-refractivity contribution in [2.75, 3.05) is 11.9 Å². The minimum atomic E-state index is -0.929. The van der Waals surface area contributed by atoms with E-state index in [-0.39, 0.29) is 5.56 Å². The summed E-state index contributed by atoms with van der Waals surface area (Å²) in [6.07, 6.45) is 2.20. The first-order valence-electron chi connectivity index (χ1n) is 5.67. The fourth-order valence-electron chi connectivity index (χ4n) is 1.61. The molecule has 0 spiro atoms. The SMILES string of the molecule is CCCCNc1nc2ccc(C(=O)O)cc2[nH]1. The Kier molecular flexibility index (Phi) is 3.27. The number of H-pyrrole nitrogens is 1. The van der Waals surface area contributed by atoms with Gasteiger partial charge in [-0.3, -0.25) is 0 Å². The number of imidazole rings is 1. The molecule has 0 unspecified atom stereocenters. The lowest BCUT2D eigenvalue weighted by Gasteiger charge is -1.98. The van der Waals surface area contributed by atoms with Gasteiger partial charge in [-0.1, -0.05) is 13.3 Å². The third kappa shape index (κ3) is 2.55. The van der Waals surface area contributed by atoms with E-state index in [1.54, 1.807) is 18.2 Å². The number of aromatic carboxylic acids is 1. The van der Waals surface area contributed by atoms with Crippen molar-refractivity contribution in [3.8, 4) is 0 Å². The maximum Gasteiger partial charge on any atom is 0.335 e. The summed E-state index contributed by atoms with van der Waals surface area (Å²) >= 11 is 0. The molecule has 5 heteroatoms. The van der Waals surface area contributed by atoms with Crippen LogP contribution in [0, 0.1) is 0 Å². The van der Waals surface area contributed by atoms with Crippen LogP contribution < -0.4 is 5.32 Å². The number of carbonyl (C=O) groups is 1. The normalized spacial score (nSPS) is 10.6. The summed E-state index contributed by atoms with van der Waals surface area (Å²) in [4.78, 5) is 18.2. The molecule has 0 amide bonds. The van der Waals surface area contributed by atoms with Gasteiger partial charge in [-0.2, -0.15) is 0 Å². The minimum absolute atomic E-state index is 0.265. The van der Waals surface area contributed by atoms with Crippen molar-refractivity contribution in [2.45, 2.75) is 19.8 Å². The lowest BCUT2D eigenvalue weighted by atomic mass is 10.2. The van der Waals surface area contributed by atoms with Gasteiger partial charge in [0.15, 0.2) is 0 Å². The van der Waals surface area contributed by atoms with Gasteiger partial charge in [0.2, 0.25) is 5.95 Å². The summed E-state index contributed by atoms with van der Waals surface area (Å²) in [6.45, 7) is 2.99. The van der Waals surface area contributed by atoms with Crippen LogP contribution in [0.1, 0.15) is 30.1 Å². The first-order chi connectivity index (χ1) is 8.20. The zero-order chi connectivity index (χ0) is 12.3. The molecule has 0 saturated heterocycles. The lowest BCUT2D eigenvalue weighted by Crippen LogP contribution is -2.01. The number of fused-ring (bicyclic) bond motifs is 1. The molecular formula is C12H15N3O2. The van der Waals surface area contributed by atoms with Gasteiger partial charge in [-0.15, -0.1) is 0 Å². The van der Waals surface area contributed by atoms with Crippen LogP contribution in [0.3, 0.4) is 0 Å². The van der Waals surface area contributed by atoms with Crippen LogP contribution >= 0.6 is 0 Å². The second-order valence-electron chi connectivity index (χ2n) is 3.90. The molecule has 5 nitrogen and oxygen atoms in total. The number of carboxylic acid groups (broad SMARTS) is 1. The number of hydrogen-bond donors (Lipinski definition) is 3. The standard InChI is InChI=1S/C12H15N3O2/c1-2-3-6-13-12-14-9-5-4-8(11(16)17)7-10(9)15-12/h4-5,7H,2-3,6H2,1H3,(H,16,17)(H2,13,14,15). The van der Waals surface area contributed by atoms with Gasteiger partial charge in [0.05, 0.1) is 16.6 Å². The van der Waals surface area contributed by atoms with Gasteiger partial charge in [-0.05, 0) is 24.6 Å².